The van der Waals surface area contributed by atoms with Crippen molar-refractivity contribution in [3.8, 4) is 0 Å². The molecule has 0 aromatic heterocycles. The van der Waals surface area contributed by atoms with Gasteiger partial charge in [-0.3, -0.25) is 0 Å². The molecule has 1 unspecified atom stereocenters. The molecule has 0 saturated carbocycles. The van der Waals surface area contributed by atoms with Crippen molar-refractivity contribution in [1.82, 2.24) is 5.32 Å². The van der Waals surface area contributed by atoms with Gasteiger partial charge in [0.05, 0.1) is 0 Å². The van der Waals surface area contributed by atoms with Gasteiger partial charge in [0.1, 0.15) is 0 Å². The van der Waals surface area contributed by atoms with Crippen molar-refractivity contribution in [2.24, 2.45) is 0 Å². The van der Waals surface area contributed by atoms with Crippen molar-refractivity contribution in [2.75, 3.05) is 12.8 Å². The van der Waals surface area contributed by atoms with E-state index in [1.54, 1.807) is 7.05 Å². The van der Waals surface area contributed by atoms with Crippen molar-refractivity contribution >= 4 is 11.8 Å². The molecule has 0 spiro atoms. The van der Waals surface area contributed by atoms with Crippen molar-refractivity contribution < 1.29 is 13.2 Å². The molecule has 2 aromatic rings. The fourth-order valence-corrected chi connectivity index (χ4v) is 2.89. The van der Waals surface area contributed by atoms with Gasteiger partial charge in [-0.05, 0) is 25.2 Å². The summed E-state index contributed by atoms with van der Waals surface area (Å²) in [5, 5.41) is 2.93. The van der Waals surface area contributed by atoms with Crippen molar-refractivity contribution in [3.05, 3.63) is 65.5 Å². The third-order valence-corrected chi connectivity index (χ3v) is 4.05. The molecule has 0 aliphatic rings. The smallest absolute Gasteiger partial charge is 0.194 e. The van der Waals surface area contributed by atoms with E-state index in [0.29, 0.717) is 5.75 Å². The second kappa shape index (κ2) is 6.81. The third kappa shape index (κ3) is 3.35. The summed E-state index contributed by atoms with van der Waals surface area (Å²) in [6.07, 6.45) is 0. The highest BCUT2D eigenvalue weighted by Gasteiger charge is 2.19. The maximum Gasteiger partial charge on any atom is 0.194 e. The van der Waals surface area contributed by atoms with Gasteiger partial charge in [0.2, 0.25) is 0 Å². The highest BCUT2D eigenvalue weighted by molar-refractivity contribution is 7.99. The number of rotatable bonds is 5. The second-order valence-electron chi connectivity index (χ2n) is 4.23. The lowest BCUT2D eigenvalue weighted by Crippen LogP contribution is -2.20. The van der Waals surface area contributed by atoms with Crippen LogP contribution in [0.25, 0.3) is 0 Å². The van der Waals surface area contributed by atoms with E-state index in [0.717, 1.165) is 11.0 Å². The van der Waals surface area contributed by atoms with Gasteiger partial charge in [0, 0.05) is 22.3 Å². The number of nitrogens with one attached hydrogen (secondary N) is 1. The predicted molar refractivity (Wildman–Crippen MR) is 75.3 cm³/mol. The lowest BCUT2D eigenvalue weighted by molar-refractivity contribution is 0.433. The number of benzene rings is 2. The van der Waals surface area contributed by atoms with Crippen molar-refractivity contribution in [3.63, 3.8) is 0 Å². The number of thioether (sulfide) groups is 1. The average molecular weight is 297 g/mol. The molecule has 0 aliphatic carbocycles. The lowest BCUT2D eigenvalue weighted by Gasteiger charge is -2.17. The van der Waals surface area contributed by atoms with Crippen LogP contribution in [0.4, 0.5) is 13.2 Å². The van der Waals surface area contributed by atoms with Gasteiger partial charge in [0.15, 0.2) is 17.5 Å². The van der Waals surface area contributed by atoms with Crippen LogP contribution in [0.3, 0.4) is 0 Å². The van der Waals surface area contributed by atoms with E-state index in [1.165, 1.54) is 17.8 Å². The molecule has 1 N–H and O–H groups in total. The van der Waals surface area contributed by atoms with E-state index in [4.69, 9.17) is 0 Å². The summed E-state index contributed by atoms with van der Waals surface area (Å²) in [5.41, 5.74) is 0.134. The van der Waals surface area contributed by atoms with Crippen molar-refractivity contribution in [1.29, 1.82) is 0 Å². The minimum atomic E-state index is -1.42. The number of halogens is 3. The Morgan fingerprint density at radius 1 is 1.00 bits per heavy atom. The van der Waals surface area contributed by atoms with Crippen LogP contribution in [0.15, 0.2) is 47.4 Å². The first-order chi connectivity index (χ1) is 9.63. The maximum atomic E-state index is 13.8. The Kier molecular flexibility index (Phi) is 5.09. The van der Waals surface area contributed by atoms with E-state index in [1.807, 2.05) is 30.3 Å². The first kappa shape index (κ1) is 14.9. The molecule has 1 atom stereocenters. The summed E-state index contributed by atoms with van der Waals surface area (Å²) in [6, 6.07) is 11.5. The zero-order chi connectivity index (χ0) is 14.5. The SMILES string of the molecule is CNC(CSc1ccccc1)c1ccc(F)c(F)c1F. The Labute approximate surface area is 120 Å². The van der Waals surface area contributed by atoms with E-state index in [-0.39, 0.29) is 5.56 Å². The highest BCUT2D eigenvalue weighted by atomic mass is 32.2. The fourth-order valence-electron chi connectivity index (χ4n) is 1.83. The summed E-state index contributed by atoms with van der Waals surface area (Å²) in [5.74, 6) is -3.20. The lowest BCUT2D eigenvalue weighted by atomic mass is 10.1. The monoisotopic (exact) mass is 297 g/mol. The average Bonchev–Trinajstić information content (AvgIpc) is 2.48. The van der Waals surface area contributed by atoms with Crippen LogP contribution < -0.4 is 5.32 Å². The maximum absolute atomic E-state index is 13.8. The number of hydrogen-bond acceptors (Lipinski definition) is 2. The van der Waals surface area contributed by atoms with E-state index in [2.05, 4.69) is 5.32 Å². The molecule has 0 heterocycles. The Hall–Kier alpha value is -1.46. The highest BCUT2D eigenvalue weighted by Crippen LogP contribution is 2.27. The van der Waals surface area contributed by atoms with Crippen LogP contribution in [0, 0.1) is 17.5 Å². The van der Waals surface area contributed by atoms with Gasteiger partial charge < -0.3 is 5.32 Å². The molecule has 5 heteroatoms. The molecule has 0 fully saturated rings. The Morgan fingerprint density at radius 3 is 2.35 bits per heavy atom. The molecule has 0 saturated heterocycles. The van der Waals surface area contributed by atoms with Crippen molar-refractivity contribution in [2.45, 2.75) is 10.9 Å². The molecule has 0 bridgehead atoms. The molecule has 0 aliphatic heterocycles. The van der Waals surface area contributed by atoms with Gasteiger partial charge >= 0.3 is 0 Å². The van der Waals surface area contributed by atoms with Gasteiger partial charge in [-0.15, -0.1) is 11.8 Å². The summed E-state index contributed by atoms with van der Waals surface area (Å²) in [4.78, 5) is 1.04. The van der Waals surface area contributed by atoms with Crippen LogP contribution in [0.5, 0.6) is 0 Å². The summed E-state index contributed by atoms with van der Waals surface area (Å²) >= 11 is 1.52. The number of hydrogen-bond donors (Lipinski definition) is 1. The molecule has 0 radical (unpaired) electrons. The normalized spacial score (nSPS) is 12.4. The molecule has 0 amide bonds. The van der Waals surface area contributed by atoms with Crippen LogP contribution in [0.1, 0.15) is 11.6 Å². The second-order valence-corrected chi connectivity index (χ2v) is 5.32. The summed E-state index contributed by atoms with van der Waals surface area (Å²) in [6.45, 7) is 0. The summed E-state index contributed by atoms with van der Waals surface area (Å²) < 4.78 is 40.0. The Morgan fingerprint density at radius 2 is 1.70 bits per heavy atom. The zero-order valence-electron chi connectivity index (χ0n) is 10.9. The van der Waals surface area contributed by atoms with Gasteiger partial charge in [-0.25, -0.2) is 13.2 Å². The standard InChI is InChI=1S/C15H14F3NS/c1-19-13(9-20-10-5-3-2-4-6-10)11-7-8-12(16)15(18)14(11)17/h2-8,13,19H,9H2,1H3. The quantitative estimate of drug-likeness (QED) is 0.657. The Balaban J connectivity index is 2.15. The molecule has 2 aromatic carbocycles. The zero-order valence-corrected chi connectivity index (χ0v) is 11.7. The van der Waals surface area contributed by atoms with E-state index >= 15 is 0 Å². The first-order valence-corrected chi connectivity index (χ1v) is 7.10. The Bertz CT molecular complexity index is 575. The molecular formula is C15H14F3NS. The minimum Gasteiger partial charge on any atom is -0.312 e. The summed E-state index contributed by atoms with van der Waals surface area (Å²) in [7, 11) is 1.66. The molecule has 1 nitrogen and oxygen atoms in total. The molecule has 2 rings (SSSR count). The van der Waals surface area contributed by atoms with Gasteiger partial charge in [-0.1, -0.05) is 24.3 Å². The largest absolute Gasteiger partial charge is 0.312 e. The molecule has 20 heavy (non-hydrogen) atoms. The van der Waals surface area contributed by atoms with E-state index < -0.39 is 23.5 Å². The van der Waals surface area contributed by atoms with Crippen LogP contribution in [-0.2, 0) is 0 Å². The van der Waals surface area contributed by atoms with E-state index in [9.17, 15) is 13.2 Å². The van der Waals surface area contributed by atoms with Gasteiger partial charge in [0.25, 0.3) is 0 Å². The van der Waals surface area contributed by atoms with Crippen LogP contribution in [0.2, 0.25) is 0 Å². The van der Waals surface area contributed by atoms with Crippen LogP contribution in [-0.4, -0.2) is 12.8 Å². The fraction of sp³-hybridized carbons (Fsp3) is 0.200. The van der Waals surface area contributed by atoms with Gasteiger partial charge in [-0.2, -0.15) is 0 Å². The first-order valence-electron chi connectivity index (χ1n) is 6.12. The minimum absolute atomic E-state index is 0.134. The molecular weight excluding hydrogens is 283 g/mol. The third-order valence-electron chi connectivity index (χ3n) is 2.95. The predicted octanol–water partition coefficient (Wildman–Crippen LogP) is 4.16. The topological polar surface area (TPSA) is 12.0 Å². The molecule has 106 valence electrons. The van der Waals surface area contributed by atoms with Crippen LogP contribution >= 0.6 is 11.8 Å².